The zero-order valence-corrected chi connectivity index (χ0v) is 15.3. The van der Waals surface area contributed by atoms with Crippen LogP contribution in [0, 0.1) is 0 Å². The third-order valence-electron chi connectivity index (χ3n) is 4.60. The van der Waals surface area contributed by atoms with Gasteiger partial charge in [-0.25, -0.2) is 17.9 Å². The fourth-order valence-corrected chi connectivity index (χ4v) is 4.23. The Morgan fingerprint density at radius 1 is 1.12 bits per heavy atom. The second kappa shape index (κ2) is 8.34. The van der Waals surface area contributed by atoms with Gasteiger partial charge in [0.15, 0.2) is 0 Å². The van der Waals surface area contributed by atoms with Crippen LogP contribution in [0.4, 0.5) is 5.69 Å². The van der Waals surface area contributed by atoms with E-state index in [0.717, 1.165) is 25.7 Å². The van der Waals surface area contributed by atoms with Crippen LogP contribution < -0.4 is 10.0 Å². The van der Waals surface area contributed by atoms with Gasteiger partial charge >= 0.3 is 5.97 Å². The van der Waals surface area contributed by atoms with Crippen LogP contribution in [0.15, 0.2) is 23.1 Å². The molecule has 0 saturated carbocycles. The molecule has 144 valence electrons. The number of ether oxygens (including phenoxy) is 2. The third kappa shape index (κ3) is 4.73. The first-order valence-corrected chi connectivity index (χ1v) is 10.3. The molecule has 0 bridgehead atoms. The van der Waals surface area contributed by atoms with Crippen molar-refractivity contribution in [2.75, 3.05) is 31.6 Å². The van der Waals surface area contributed by atoms with E-state index in [9.17, 15) is 18.3 Å². The monoisotopic (exact) mass is 384 g/mol. The Morgan fingerprint density at radius 2 is 1.77 bits per heavy atom. The molecule has 2 aliphatic heterocycles. The van der Waals surface area contributed by atoms with Crippen LogP contribution in [-0.2, 0) is 19.5 Å². The van der Waals surface area contributed by atoms with E-state index in [1.54, 1.807) is 0 Å². The Labute approximate surface area is 152 Å². The van der Waals surface area contributed by atoms with Crippen molar-refractivity contribution in [3.8, 4) is 0 Å². The lowest BCUT2D eigenvalue weighted by molar-refractivity contribution is 0.0697. The number of carbonyl (C=O) groups is 1. The molecule has 0 amide bonds. The topological polar surface area (TPSA) is 114 Å². The van der Waals surface area contributed by atoms with Gasteiger partial charge in [-0.15, -0.1) is 0 Å². The summed E-state index contributed by atoms with van der Waals surface area (Å²) in [5, 5.41) is 12.5. The Hall–Kier alpha value is -1.68. The van der Waals surface area contributed by atoms with Crippen LogP contribution in [0.1, 0.15) is 36.0 Å². The first kappa shape index (κ1) is 19.1. The van der Waals surface area contributed by atoms with Crippen molar-refractivity contribution in [2.45, 2.75) is 42.8 Å². The standard InChI is InChI=1S/C17H24N2O6S/c20-17(21)15-9-14(26(22,23)19-11-13-4-2-8-25-13)5-6-16(15)18-10-12-3-1-7-24-12/h5-6,9,12-13,18-19H,1-4,7-8,10-11H2,(H,20,21). The van der Waals surface area contributed by atoms with E-state index in [-0.39, 0.29) is 29.2 Å². The molecule has 8 nitrogen and oxygen atoms in total. The summed E-state index contributed by atoms with van der Waals surface area (Å²) < 4.78 is 38.3. The van der Waals surface area contributed by atoms with Gasteiger partial charge in [0.05, 0.1) is 22.7 Å². The minimum Gasteiger partial charge on any atom is -0.478 e. The molecule has 2 saturated heterocycles. The van der Waals surface area contributed by atoms with E-state index in [0.29, 0.717) is 25.4 Å². The smallest absolute Gasteiger partial charge is 0.337 e. The van der Waals surface area contributed by atoms with Gasteiger partial charge in [-0.3, -0.25) is 0 Å². The Kier molecular flexibility index (Phi) is 6.13. The lowest BCUT2D eigenvalue weighted by Gasteiger charge is -2.15. The fourth-order valence-electron chi connectivity index (χ4n) is 3.14. The summed E-state index contributed by atoms with van der Waals surface area (Å²) >= 11 is 0. The summed E-state index contributed by atoms with van der Waals surface area (Å²) in [5.74, 6) is -1.18. The van der Waals surface area contributed by atoms with E-state index >= 15 is 0 Å². The molecule has 2 fully saturated rings. The average Bonchev–Trinajstić information content (AvgIpc) is 3.31. The molecular weight excluding hydrogens is 360 g/mol. The predicted octanol–water partition coefficient (Wildman–Crippen LogP) is 1.43. The second-order valence-corrected chi connectivity index (χ2v) is 8.28. The summed E-state index contributed by atoms with van der Waals surface area (Å²) in [4.78, 5) is 11.5. The van der Waals surface area contributed by atoms with Crippen molar-refractivity contribution in [3.63, 3.8) is 0 Å². The molecule has 0 spiro atoms. The van der Waals surface area contributed by atoms with Crippen molar-refractivity contribution in [1.82, 2.24) is 4.72 Å². The minimum atomic E-state index is -3.80. The minimum absolute atomic E-state index is 0.0492. The first-order valence-electron chi connectivity index (χ1n) is 8.80. The SMILES string of the molecule is O=C(O)c1cc(S(=O)(=O)NCC2CCCO2)ccc1NCC1CCCO1. The molecule has 0 radical (unpaired) electrons. The zero-order chi connectivity index (χ0) is 18.6. The molecule has 3 rings (SSSR count). The van der Waals surface area contributed by atoms with Crippen LogP contribution in [-0.4, -0.2) is 58.0 Å². The number of nitrogens with one attached hydrogen (secondary N) is 2. The zero-order valence-electron chi connectivity index (χ0n) is 14.4. The van der Waals surface area contributed by atoms with Crippen molar-refractivity contribution < 1.29 is 27.8 Å². The van der Waals surface area contributed by atoms with E-state index in [1.165, 1.54) is 18.2 Å². The normalized spacial score (nSPS) is 23.2. The largest absolute Gasteiger partial charge is 0.478 e. The van der Waals surface area contributed by atoms with Gasteiger partial charge in [0.2, 0.25) is 10.0 Å². The van der Waals surface area contributed by atoms with Crippen LogP contribution in [0.25, 0.3) is 0 Å². The molecular formula is C17H24N2O6S. The molecule has 2 heterocycles. The summed E-state index contributed by atoms with van der Waals surface area (Å²) in [6, 6.07) is 4.07. The number of anilines is 1. The Bertz CT molecular complexity index is 740. The number of benzene rings is 1. The highest BCUT2D eigenvalue weighted by molar-refractivity contribution is 7.89. The maximum atomic E-state index is 12.4. The van der Waals surface area contributed by atoms with Gasteiger partial charge in [0.25, 0.3) is 0 Å². The van der Waals surface area contributed by atoms with Crippen molar-refractivity contribution in [2.24, 2.45) is 0 Å². The molecule has 0 aliphatic carbocycles. The third-order valence-corrected chi connectivity index (χ3v) is 6.02. The van der Waals surface area contributed by atoms with Crippen molar-refractivity contribution in [1.29, 1.82) is 0 Å². The van der Waals surface area contributed by atoms with Crippen LogP contribution in [0.3, 0.4) is 0 Å². The quantitative estimate of drug-likeness (QED) is 0.621. The van der Waals surface area contributed by atoms with Gasteiger partial charge in [-0.1, -0.05) is 0 Å². The fraction of sp³-hybridized carbons (Fsp3) is 0.588. The highest BCUT2D eigenvalue weighted by atomic mass is 32.2. The molecule has 2 aliphatic rings. The van der Waals surface area contributed by atoms with Gasteiger partial charge < -0.3 is 19.9 Å². The Morgan fingerprint density at radius 3 is 2.35 bits per heavy atom. The predicted molar refractivity (Wildman–Crippen MR) is 95.0 cm³/mol. The molecule has 3 N–H and O–H groups in total. The van der Waals surface area contributed by atoms with E-state index in [4.69, 9.17) is 9.47 Å². The number of rotatable bonds is 8. The molecule has 2 atom stereocenters. The summed E-state index contributed by atoms with van der Waals surface area (Å²) in [7, 11) is -3.80. The number of hydrogen-bond acceptors (Lipinski definition) is 6. The Balaban J connectivity index is 1.70. The van der Waals surface area contributed by atoms with E-state index in [2.05, 4.69) is 10.0 Å². The van der Waals surface area contributed by atoms with Crippen LogP contribution >= 0.6 is 0 Å². The lowest BCUT2D eigenvalue weighted by Crippen LogP contribution is -2.32. The highest BCUT2D eigenvalue weighted by Crippen LogP contribution is 2.22. The maximum absolute atomic E-state index is 12.4. The van der Waals surface area contributed by atoms with Gasteiger partial charge in [-0.2, -0.15) is 0 Å². The van der Waals surface area contributed by atoms with Gasteiger partial charge in [-0.05, 0) is 43.9 Å². The number of carboxylic acid groups (broad SMARTS) is 1. The van der Waals surface area contributed by atoms with Crippen LogP contribution in [0.2, 0.25) is 0 Å². The van der Waals surface area contributed by atoms with Crippen LogP contribution in [0.5, 0.6) is 0 Å². The van der Waals surface area contributed by atoms with Crippen molar-refractivity contribution in [3.05, 3.63) is 23.8 Å². The van der Waals surface area contributed by atoms with Gasteiger partial charge in [0, 0.05) is 32.0 Å². The summed E-state index contributed by atoms with van der Waals surface area (Å²) in [5.41, 5.74) is 0.300. The molecule has 1 aromatic carbocycles. The van der Waals surface area contributed by atoms with E-state index < -0.39 is 16.0 Å². The van der Waals surface area contributed by atoms with E-state index in [1.807, 2.05) is 0 Å². The number of hydrogen-bond donors (Lipinski definition) is 3. The summed E-state index contributed by atoms with van der Waals surface area (Å²) in [6.07, 6.45) is 3.57. The maximum Gasteiger partial charge on any atom is 0.337 e. The molecule has 0 aromatic heterocycles. The molecule has 2 unspecified atom stereocenters. The van der Waals surface area contributed by atoms with Gasteiger partial charge in [0.1, 0.15) is 0 Å². The molecule has 26 heavy (non-hydrogen) atoms. The number of carboxylic acids is 1. The number of sulfonamides is 1. The average molecular weight is 384 g/mol. The molecule has 1 aromatic rings. The molecule has 9 heteroatoms. The van der Waals surface area contributed by atoms with Crippen molar-refractivity contribution >= 4 is 21.7 Å². The summed E-state index contributed by atoms with van der Waals surface area (Å²) in [6.45, 7) is 2.03. The second-order valence-electron chi connectivity index (χ2n) is 6.52. The number of aromatic carboxylic acids is 1. The first-order chi connectivity index (χ1) is 12.5. The lowest BCUT2D eigenvalue weighted by atomic mass is 10.1. The highest BCUT2D eigenvalue weighted by Gasteiger charge is 2.23.